The van der Waals surface area contributed by atoms with Gasteiger partial charge in [-0.25, -0.2) is 8.42 Å². The smallest absolute Gasteiger partial charge is 0.249 e. The van der Waals surface area contributed by atoms with Crippen LogP contribution in [0, 0.1) is 0 Å². The second-order valence-corrected chi connectivity index (χ2v) is 7.00. The number of rotatable bonds is 4. The number of carbonyl (C=O) groups excluding carboxylic acids is 1. The maximum absolute atomic E-state index is 12.6. The number of morpholine rings is 1. The number of hydrogen-bond acceptors (Lipinski definition) is 6. The summed E-state index contributed by atoms with van der Waals surface area (Å²) in [5, 5.41) is 8.82. The monoisotopic (exact) mass is 315 g/mol. The number of ether oxygens (including phenoxy) is 1. The molecule has 2 fully saturated rings. The van der Waals surface area contributed by atoms with E-state index in [2.05, 4.69) is 15.5 Å². The average molecular weight is 315 g/mol. The molecule has 1 aromatic heterocycles. The molecule has 3 rings (SSSR count). The van der Waals surface area contributed by atoms with E-state index >= 15 is 0 Å². The molecule has 1 saturated heterocycles. The summed E-state index contributed by atoms with van der Waals surface area (Å²) in [4.78, 5) is 12.1. The molecule has 2 aliphatic rings. The predicted molar refractivity (Wildman–Crippen MR) is 72.7 cm³/mol. The van der Waals surface area contributed by atoms with E-state index in [4.69, 9.17) is 10.5 Å². The highest BCUT2D eigenvalue weighted by atomic mass is 32.2. The molecule has 1 unspecified atom stereocenters. The Hall–Kier alpha value is -1.65. The van der Waals surface area contributed by atoms with Crippen molar-refractivity contribution in [3.8, 4) is 0 Å². The van der Waals surface area contributed by atoms with E-state index in [-0.39, 0.29) is 42.4 Å². The SMILES string of the molecule is Nc1[nH]ncc1S(=O)(=O)N1CCOCC1C(=O)NC1CC1. The molecule has 0 aromatic carbocycles. The second-order valence-electron chi connectivity index (χ2n) is 5.14. The molecule has 116 valence electrons. The highest BCUT2D eigenvalue weighted by Crippen LogP contribution is 2.25. The number of hydrogen-bond donors (Lipinski definition) is 3. The van der Waals surface area contributed by atoms with E-state index < -0.39 is 16.1 Å². The lowest BCUT2D eigenvalue weighted by molar-refractivity contribution is -0.129. The van der Waals surface area contributed by atoms with Crippen LogP contribution in [0.25, 0.3) is 0 Å². The molecule has 4 N–H and O–H groups in total. The van der Waals surface area contributed by atoms with E-state index in [0.29, 0.717) is 0 Å². The van der Waals surface area contributed by atoms with Crippen molar-refractivity contribution in [2.45, 2.75) is 29.8 Å². The number of H-pyrrole nitrogens is 1. The van der Waals surface area contributed by atoms with Gasteiger partial charge in [-0.05, 0) is 12.8 Å². The lowest BCUT2D eigenvalue weighted by Crippen LogP contribution is -2.56. The zero-order chi connectivity index (χ0) is 15.0. The van der Waals surface area contributed by atoms with Gasteiger partial charge in [0.1, 0.15) is 16.8 Å². The lowest BCUT2D eigenvalue weighted by atomic mass is 10.2. The average Bonchev–Trinajstić information content (AvgIpc) is 3.16. The molecular weight excluding hydrogens is 298 g/mol. The largest absolute Gasteiger partial charge is 0.383 e. The van der Waals surface area contributed by atoms with Crippen molar-refractivity contribution >= 4 is 21.7 Å². The number of nitrogen functional groups attached to an aromatic ring is 1. The molecule has 10 heteroatoms. The summed E-state index contributed by atoms with van der Waals surface area (Å²) in [5.74, 6) is -0.370. The number of amides is 1. The topological polar surface area (TPSA) is 130 Å². The third-order valence-electron chi connectivity index (χ3n) is 3.52. The second kappa shape index (κ2) is 5.28. The fourth-order valence-corrected chi connectivity index (χ4v) is 3.79. The molecule has 1 aromatic rings. The molecule has 1 atom stereocenters. The van der Waals surface area contributed by atoms with Gasteiger partial charge in [0.25, 0.3) is 0 Å². The van der Waals surface area contributed by atoms with Crippen LogP contribution in [0.15, 0.2) is 11.1 Å². The first-order chi connectivity index (χ1) is 10.00. The Balaban J connectivity index is 1.86. The Labute approximate surface area is 121 Å². The Morgan fingerprint density at radius 2 is 2.29 bits per heavy atom. The Kier molecular flexibility index (Phi) is 3.59. The van der Waals surface area contributed by atoms with E-state index in [1.807, 2.05) is 0 Å². The van der Waals surface area contributed by atoms with Crippen LogP contribution in [0.4, 0.5) is 5.82 Å². The Morgan fingerprint density at radius 1 is 1.52 bits per heavy atom. The van der Waals surface area contributed by atoms with E-state index in [1.54, 1.807) is 0 Å². The standard InChI is InChI=1S/C11H17N5O4S/c12-10-9(5-13-15-10)21(18,19)16-3-4-20-6-8(16)11(17)14-7-1-2-7/h5,7-8H,1-4,6H2,(H,14,17)(H3,12,13,15). The van der Waals surface area contributed by atoms with Gasteiger partial charge in [0.05, 0.1) is 19.4 Å². The van der Waals surface area contributed by atoms with Crippen LogP contribution in [0.2, 0.25) is 0 Å². The number of nitrogens with one attached hydrogen (secondary N) is 2. The molecule has 1 aliphatic carbocycles. The summed E-state index contributed by atoms with van der Waals surface area (Å²) in [5.41, 5.74) is 5.59. The van der Waals surface area contributed by atoms with Crippen LogP contribution in [0.5, 0.6) is 0 Å². The summed E-state index contributed by atoms with van der Waals surface area (Å²) in [6, 6.07) is -0.721. The van der Waals surface area contributed by atoms with E-state index in [1.165, 1.54) is 0 Å². The maximum atomic E-state index is 12.6. The highest BCUT2D eigenvalue weighted by Gasteiger charge is 2.41. The van der Waals surface area contributed by atoms with Gasteiger partial charge < -0.3 is 15.8 Å². The molecule has 21 heavy (non-hydrogen) atoms. The van der Waals surface area contributed by atoms with Crippen molar-refractivity contribution in [1.29, 1.82) is 0 Å². The molecule has 0 radical (unpaired) electrons. The summed E-state index contributed by atoms with van der Waals surface area (Å²) in [6.07, 6.45) is 3.01. The van der Waals surface area contributed by atoms with Crippen LogP contribution in [-0.4, -0.2) is 60.7 Å². The zero-order valence-corrected chi connectivity index (χ0v) is 12.1. The first-order valence-electron chi connectivity index (χ1n) is 6.69. The van der Waals surface area contributed by atoms with Crippen LogP contribution in [-0.2, 0) is 19.6 Å². The molecule has 0 bridgehead atoms. The number of carbonyl (C=O) groups is 1. The van der Waals surface area contributed by atoms with Gasteiger partial charge in [-0.1, -0.05) is 0 Å². The molecule has 1 saturated carbocycles. The molecular formula is C11H17N5O4S. The van der Waals surface area contributed by atoms with E-state index in [0.717, 1.165) is 23.3 Å². The van der Waals surface area contributed by atoms with Crippen molar-refractivity contribution in [2.75, 3.05) is 25.5 Å². The van der Waals surface area contributed by atoms with Crippen LogP contribution >= 0.6 is 0 Å². The molecule has 9 nitrogen and oxygen atoms in total. The number of anilines is 1. The first kappa shape index (κ1) is 14.3. The van der Waals surface area contributed by atoms with Gasteiger partial charge in [0.15, 0.2) is 0 Å². The highest BCUT2D eigenvalue weighted by molar-refractivity contribution is 7.89. The number of nitrogens with zero attached hydrogens (tertiary/aromatic N) is 2. The minimum atomic E-state index is -3.89. The van der Waals surface area contributed by atoms with Gasteiger partial charge in [-0.3, -0.25) is 9.89 Å². The summed E-state index contributed by atoms with van der Waals surface area (Å²) >= 11 is 0. The van der Waals surface area contributed by atoms with Gasteiger partial charge >= 0.3 is 0 Å². The van der Waals surface area contributed by atoms with Crippen molar-refractivity contribution in [3.05, 3.63) is 6.20 Å². The summed E-state index contributed by atoms with van der Waals surface area (Å²) < 4.78 is 31.7. The van der Waals surface area contributed by atoms with Crippen molar-refractivity contribution in [3.63, 3.8) is 0 Å². The molecule has 1 aliphatic heterocycles. The third kappa shape index (κ3) is 2.74. The number of sulfonamides is 1. The Bertz CT molecular complexity index is 639. The van der Waals surface area contributed by atoms with Crippen LogP contribution < -0.4 is 11.1 Å². The van der Waals surface area contributed by atoms with Crippen molar-refractivity contribution in [1.82, 2.24) is 19.8 Å². The maximum Gasteiger partial charge on any atom is 0.249 e. The minimum absolute atomic E-state index is 0.0372. The molecule has 0 spiro atoms. The van der Waals surface area contributed by atoms with Crippen LogP contribution in [0.1, 0.15) is 12.8 Å². The normalized spacial score (nSPS) is 23.9. The lowest BCUT2D eigenvalue weighted by Gasteiger charge is -2.33. The van der Waals surface area contributed by atoms with Gasteiger partial charge in [-0.2, -0.15) is 9.40 Å². The fourth-order valence-electron chi connectivity index (χ4n) is 2.22. The van der Waals surface area contributed by atoms with Crippen molar-refractivity contribution in [2.24, 2.45) is 0 Å². The number of aromatic amines is 1. The van der Waals surface area contributed by atoms with Crippen molar-refractivity contribution < 1.29 is 17.9 Å². The quantitative estimate of drug-likeness (QED) is 0.630. The number of aromatic nitrogens is 2. The third-order valence-corrected chi connectivity index (χ3v) is 5.46. The van der Waals surface area contributed by atoms with E-state index in [9.17, 15) is 13.2 Å². The molecule has 1 amide bonds. The van der Waals surface area contributed by atoms with Gasteiger partial charge in [0, 0.05) is 12.6 Å². The summed E-state index contributed by atoms with van der Waals surface area (Å²) in [6.45, 7) is 0.384. The first-order valence-corrected chi connectivity index (χ1v) is 8.13. The zero-order valence-electron chi connectivity index (χ0n) is 11.3. The summed E-state index contributed by atoms with van der Waals surface area (Å²) in [7, 11) is -3.89. The van der Waals surface area contributed by atoms with Gasteiger partial charge in [0.2, 0.25) is 15.9 Å². The molecule has 2 heterocycles. The fraction of sp³-hybridized carbons (Fsp3) is 0.636. The predicted octanol–water partition coefficient (Wildman–Crippen LogP) is -1.34. The van der Waals surface area contributed by atoms with Gasteiger partial charge in [-0.15, -0.1) is 0 Å². The minimum Gasteiger partial charge on any atom is -0.383 e. The number of nitrogens with two attached hydrogens (primary N) is 1. The Morgan fingerprint density at radius 3 is 2.90 bits per heavy atom. The van der Waals surface area contributed by atoms with Crippen LogP contribution in [0.3, 0.4) is 0 Å².